The zero-order valence-electron chi connectivity index (χ0n) is 7.76. The Morgan fingerprint density at radius 1 is 1.50 bits per heavy atom. The number of aromatic nitrogens is 1. The second-order valence-corrected chi connectivity index (χ2v) is 3.60. The number of nitrogens with zero attached hydrogens (tertiary/aromatic N) is 1. The molecule has 1 heterocycles. The molecule has 0 N–H and O–H groups in total. The van der Waals surface area contributed by atoms with Gasteiger partial charge in [0.05, 0.1) is 0 Å². The smallest absolute Gasteiger partial charge is 0.213 e. The Morgan fingerprint density at radius 3 is 2.67 bits per heavy atom. The molecule has 1 aromatic rings. The van der Waals surface area contributed by atoms with Gasteiger partial charge in [-0.05, 0) is 29.5 Å². The summed E-state index contributed by atoms with van der Waals surface area (Å²) >= 11 is 0. The van der Waals surface area contributed by atoms with Crippen LogP contribution in [0, 0.1) is 5.95 Å². The lowest BCUT2D eigenvalue weighted by atomic mass is 9.83. The van der Waals surface area contributed by atoms with Crippen LogP contribution < -0.4 is 0 Å². The summed E-state index contributed by atoms with van der Waals surface area (Å²) in [5.74, 6) is -0.394. The molecular weight excluding hydrogens is 153 g/mol. The van der Waals surface area contributed by atoms with Gasteiger partial charge < -0.3 is 0 Å². The first-order chi connectivity index (χ1) is 5.56. The van der Waals surface area contributed by atoms with Crippen molar-refractivity contribution >= 4 is 0 Å². The van der Waals surface area contributed by atoms with Gasteiger partial charge in [0.2, 0.25) is 5.95 Å². The van der Waals surface area contributed by atoms with Crippen molar-refractivity contribution in [3.63, 3.8) is 0 Å². The summed E-state index contributed by atoms with van der Waals surface area (Å²) in [5, 5.41) is 0. The average Bonchev–Trinajstić information content (AvgIpc) is 2.05. The van der Waals surface area contributed by atoms with Crippen molar-refractivity contribution in [3.8, 4) is 0 Å². The van der Waals surface area contributed by atoms with E-state index in [9.17, 15) is 4.39 Å². The molecule has 0 bridgehead atoms. The van der Waals surface area contributed by atoms with E-state index in [1.807, 2.05) is 6.07 Å². The van der Waals surface area contributed by atoms with Crippen molar-refractivity contribution in [2.75, 3.05) is 0 Å². The van der Waals surface area contributed by atoms with Gasteiger partial charge in [0, 0.05) is 6.20 Å². The van der Waals surface area contributed by atoms with E-state index in [1.165, 1.54) is 12.3 Å². The lowest BCUT2D eigenvalue weighted by molar-refractivity contribution is 0.495. The minimum absolute atomic E-state index is 0.0454. The van der Waals surface area contributed by atoms with Crippen LogP contribution in [-0.2, 0) is 5.41 Å². The summed E-state index contributed by atoms with van der Waals surface area (Å²) in [6.45, 7) is 6.29. The molecule has 0 aromatic carbocycles. The van der Waals surface area contributed by atoms with E-state index in [0.29, 0.717) is 0 Å². The Labute approximate surface area is 72.6 Å². The minimum Gasteiger partial charge on any atom is -0.228 e. The van der Waals surface area contributed by atoms with Crippen LogP contribution in [0.1, 0.15) is 32.8 Å². The van der Waals surface area contributed by atoms with Gasteiger partial charge in [0.1, 0.15) is 0 Å². The Hall–Kier alpha value is -0.920. The number of rotatable bonds is 2. The van der Waals surface area contributed by atoms with Crippen LogP contribution in [0.15, 0.2) is 18.3 Å². The van der Waals surface area contributed by atoms with E-state index < -0.39 is 5.95 Å². The van der Waals surface area contributed by atoms with Crippen LogP contribution in [-0.4, -0.2) is 4.98 Å². The molecule has 1 nitrogen and oxygen atoms in total. The van der Waals surface area contributed by atoms with Gasteiger partial charge in [-0.3, -0.25) is 0 Å². The number of hydrogen-bond acceptors (Lipinski definition) is 1. The van der Waals surface area contributed by atoms with Gasteiger partial charge in [0.25, 0.3) is 0 Å². The fraction of sp³-hybridized carbons (Fsp3) is 0.500. The Bertz CT molecular complexity index is 268. The first-order valence-corrected chi connectivity index (χ1v) is 4.18. The fourth-order valence-electron chi connectivity index (χ4n) is 1.03. The van der Waals surface area contributed by atoms with Crippen molar-refractivity contribution in [1.29, 1.82) is 0 Å². The molecule has 2 heteroatoms. The SMILES string of the molecule is CCC(C)(C)c1ccnc(F)c1. The fourth-order valence-corrected chi connectivity index (χ4v) is 1.03. The molecule has 0 unspecified atom stereocenters. The van der Waals surface area contributed by atoms with E-state index in [1.54, 1.807) is 0 Å². The summed E-state index contributed by atoms with van der Waals surface area (Å²) in [6, 6.07) is 3.37. The van der Waals surface area contributed by atoms with Gasteiger partial charge in [-0.15, -0.1) is 0 Å². The van der Waals surface area contributed by atoms with Crippen molar-refractivity contribution in [2.45, 2.75) is 32.6 Å². The molecular formula is C10H14FN. The molecule has 0 aliphatic heterocycles. The molecule has 1 rings (SSSR count). The third-order valence-corrected chi connectivity index (χ3v) is 2.39. The predicted octanol–water partition coefficient (Wildman–Crippen LogP) is 2.91. The van der Waals surface area contributed by atoms with Crippen LogP contribution in [0.25, 0.3) is 0 Å². The monoisotopic (exact) mass is 167 g/mol. The minimum atomic E-state index is -0.394. The van der Waals surface area contributed by atoms with E-state index in [2.05, 4.69) is 25.8 Å². The van der Waals surface area contributed by atoms with Crippen molar-refractivity contribution < 1.29 is 4.39 Å². The van der Waals surface area contributed by atoms with Gasteiger partial charge in [-0.25, -0.2) is 4.98 Å². The highest BCUT2D eigenvalue weighted by Gasteiger charge is 2.18. The lowest BCUT2D eigenvalue weighted by Crippen LogP contribution is -2.15. The molecule has 0 fully saturated rings. The summed E-state index contributed by atoms with van der Waals surface area (Å²) < 4.78 is 12.7. The highest BCUT2D eigenvalue weighted by Crippen LogP contribution is 2.25. The Balaban J connectivity index is 3.03. The topological polar surface area (TPSA) is 12.9 Å². The van der Waals surface area contributed by atoms with E-state index >= 15 is 0 Å². The van der Waals surface area contributed by atoms with Crippen LogP contribution in [0.4, 0.5) is 4.39 Å². The number of pyridine rings is 1. The zero-order chi connectivity index (χ0) is 9.19. The molecule has 0 spiro atoms. The summed E-state index contributed by atoms with van der Waals surface area (Å²) in [6.07, 6.45) is 2.51. The lowest BCUT2D eigenvalue weighted by Gasteiger charge is -2.22. The highest BCUT2D eigenvalue weighted by molar-refractivity contribution is 5.20. The van der Waals surface area contributed by atoms with Crippen LogP contribution in [0.3, 0.4) is 0 Å². The second kappa shape index (κ2) is 3.21. The first kappa shape index (κ1) is 9.17. The molecule has 12 heavy (non-hydrogen) atoms. The zero-order valence-corrected chi connectivity index (χ0v) is 7.76. The molecule has 0 aliphatic rings. The quantitative estimate of drug-likeness (QED) is 0.617. The maximum Gasteiger partial charge on any atom is 0.213 e. The molecule has 0 radical (unpaired) electrons. The van der Waals surface area contributed by atoms with Crippen LogP contribution >= 0.6 is 0 Å². The number of halogens is 1. The summed E-state index contributed by atoms with van der Waals surface area (Å²) in [5.41, 5.74) is 1.06. The standard InChI is InChI=1S/C10H14FN/c1-4-10(2,3)8-5-6-12-9(11)7-8/h5-7H,4H2,1-3H3. The van der Waals surface area contributed by atoms with Crippen molar-refractivity contribution in [3.05, 3.63) is 29.8 Å². The molecule has 0 aliphatic carbocycles. The summed E-state index contributed by atoms with van der Waals surface area (Å²) in [4.78, 5) is 3.52. The van der Waals surface area contributed by atoms with E-state index in [-0.39, 0.29) is 5.41 Å². The predicted molar refractivity (Wildman–Crippen MR) is 47.5 cm³/mol. The third-order valence-electron chi connectivity index (χ3n) is 2.39. The van der Waals surface area contributed by atoms with Gasteiger partial charge in [0.15, 0.2) is 0 Å². The van der Waals surface area contributed by atoms with Gasteiger partial charge in [-0.2, -0.15) is 4.39 Å². The molecule has 0 amide bonds. The third kappa shape index (κ3) is 1.81. The van der Waals surface area contributed by atoms with Crippen LogP contribution in [0.2, 0.25) is 0 Å². The molecule has 1 aromatic heterocycles. The molecule has 0 saturated heterocycles. The van der Waals surface area contributed by atoms with Gasteiger partial charge in [-0.1, -0.05) is 20.8 Å². The average molecular weight is 167 g/mol. The largest absolute Gasteiger partial charge is 0.228 e. The van der Waals surface area contributed by atoms with Crippen molar-refractivity contribution in [2.24, 2.45) is 0 Å². The first-order valence-electron chi connectivity index (χ1n) is 4.18. The molecule has 66 valence electrons. The van der Waals surface area contributed by atoms with E-state index in [0.717, 1.165) is 12.0 Å². The van der Waals surface area contributed by atoms with Gasteiger partial charge >= 0.3 is 0 Å². The molecule has 0 saturated carbocycles. The maximum absolute atomic E-state index is 12.7. The summed E-state index contributed by atoms with van der Waals surface area (Å²) in [7, 11) is 0. The van der Waals surface area contributed by atoms with E-state index in [4.69, 9.17) is 0 Å². The normalized spacial score (nSPS) is 11.7. The Kier molecular flexibility index (Phi) is 2.46. The van der Waals surface area contributed by atoms with Crippen LogP contribution in [0.5, 0.6) is 0 Å². The molecule has 0 atom stereocenters. The second-order valence-electron chi connectivity index (χ2n) is 3.60. The maximum atomic E-state index is 12.7. The highest BCUT2D eigenvalue weighted by atomic mass is 19.1. The number of hydrogen-bond donors (Lipinski definition) is 0. The van der Waals surface area contributed by atoms with Crippen molar-refractivity contribution in [1.82, 2.24) is 4.98 Å². The Morgan fingerprint density at radius 2 is 2.17 bits per heavy atom.